The number of thiazole rings is 1. The van der Waals surface area contributed by atoms with Crippen molar-refractivity contribution in [1.82, 2.24) is 10.5 Å². The first kappa shape index (κ1) is 17.1. The van der Waals surface area contributed by atoms with Crippen molar-refractivity contribution in [3.8, 4) is 16.3 Å². The van der Waals surface area contributed by atoms with E-state index in [-0.39, 0.29) is 5.01 Å². The summed E-state index contributed by atoms with van der Waals surface area (Å²) >= 11 is 0.770. The third kappa shape index (κ3) is 2.68. The molecule has 3 rings (SSSR count). The van der Waals surface area contributed by atoms with Crippen LogP contribution in [0.1, 0.15) is 10.4 Å². The van der Waals surface area contributed by atoms with Crippen molar-refractivity contribution in [2.75, 3.05) is 7.11 Å². The maximum atomic E-state index is 14.2. The molecule has 0 aliphatic heterocycles. The normalized spacial score (nSPS) is 11.0. The Morgan fingerprint density at radius 3 is 2.44 bits per heavy atom. The number of aromatic nitrogens is 1. The summed E-state index contributed by atoms with van der Waals surface area (Å²) in [6.07, 6.45) is 0. The van der Waals surface area contributed by atoms with Gasteiger partial charge in [-0.3, -0.25) is 4.79 Å². The lowest BCUT2D eigenvalue weighted by molar-refractivity contribution is 0.0854. The Labute approximate surface area is 140 Å². The molecule has 0 fully saturated rings. The first-order valence-corrected chi connectivity index (χ1v) is 7.42. The van der Waals surface area contributed by atoms with Gasteiger partial charge in [-0.1, -0.05) is 4.48 Å². The molecule has 1 N–H and O–H groups in total. The number of halogens is 5. The number of carbonyl (C=O) groups is 1. The average Bonchev–Trinajstić information content (AvgIpc) is 3.04. The highest BCUT2D eigenvalue weighted by Gasteiger charge is 2.31. The Kier molecular flexibility index (Phi) is 4.29. The van der Waals surface area contributed by atoms with Crippen molar-refractivity contribution >= 4 is 27.5 Å². The fraction of sp³-hybridized carbons (Fsp3) is 0.0667. The zero-order valence-electron chi connectivity index (χ0n) is 12.3. The van der Waals surface area contributed by atoms with Crippen molar-refractivity contribution in [2.45, 2.75) is 0 Å². The third-order valence-corrected chi connectivity index (χ3v) is 4.43. The molecular formula is C15H7F5N2O2S. The van der Waals surface area contributed by atoms with Gasteiger partial charge in [0.1, 0.15) is 10.8 Å². The second-order valence-corrected chi connectivity index (χ2v) is 5.81. The molecule has 1 amide bonds. The van der Waals surface area contributed by atoms with Crippen LogP contribution in [0.5, 0.6) is 5.75 Å². The summed E-state index contributed by atoms with van der Waals surface area (Å²) in [5.41, 5.74) is -1.38. The van der Waals surface area contributed by atoms with Crippen molar-refractivity contribution < 1.29 is 31.6 Å². The van der Waals surface area contributed by atoms with E-state index in [1.807, 2.05) is 0 Å². The topological polar surface area (TPSA) is 51.2 Å². The molecule has 3 aromatic rings. The SMILES string of the molecule is COc1ccc2nc(-c3c(F)c(F)c(F)c(F)c3C(=O)NF)sc2c1. The van der Waals surface area contributed by atoms with Crippen LogP contribution in [-0.4, -0.2) is 18.0 Å². The Hall–Kier alpha value is -2.75. The minimum atomic E-state index is -2.22. The van der Waals surface area contributed by atoms with Gasteiger partial charge < -0.3 is 4.74 Å². The fourth-order valence-corrected chi connectivity index (χ4v) is 3.27. The lowest BCUT2D eigenvalue weighted by Crippen LogP contribution is -2.19. The maximum Gasteiger partial charge on any atom is 0.282 e. The Morgan fingerprint density at radius 1 is 1.12 bits per heavy atom. The van der Waals surface area contributed by atoms with Gasteiger partial charge in [0.15, 0.2) is 23.3 Å². The number of amides is 1. The number of hydrogen-bond donors (Lipinski definition) is 1. The average molecular weight is 374 g/mol. The number of rotatable bonds is 3. The van der Waals surface area contributed by atoms with Crippen LogP contribution >= 0.6 is 11.3 Å². The summed E-state index contributed by atoms with van der Waals surface area (Å²) in [6, 6.07) is 4.57. The van der Waals surface area contributed by atoms with Gasteiger partial charge in [0.2, 0.25) is 0 Å². The van der Waals surface area contributed by atoms with Gasteiger partial charge in [-0.2, -0.15) is 5.54 Å². The standard InChI is InChI=1S/C15H7F5N2O2S/c1-24-5-2-3-6-7(4-5)25-15(21-6)9-8(14(23)22-20)10(16)12(18)13(19)11(9)17/h2-4H,1H3,(H,22,23). The zero-order chi connectivity index (χ0) is 18.3. The molecule has 0 aliphatic rings. The summed E-state index contributed by atoms with van der Waals surface area (Å²) in [4.78, 5) is 15.5. The number of ether oxygens (including phenoxy) is 1. The van der Waals surface area contributed by atoms with Crippen LogP contribution in [0, 0.1) is 23.3 Å². The molecule has 0 saturated carbocycles. The van der Waals surface area contributed by atoms with E-state index in [4.69, 9.17) is 4.74 Å². The molecule has 130 valence electrons. The summed E-state index contributed by atoms with van der Waals surface area (Å²) in [6.45, 7) is 0. The van der Waals surface area contributed by atoms with E-state index in [1.165, 1.54) is 19.2 Å². The lowest BCUT2D eigenvalue weighted by atomic mass is 10.0. The molecule has 1 aromatic heterocycles. The molecular weight excluding hydrogens is 367 g/mol. The monoisotopic (exact) mass is 374 g/mol. The van der Waals surface area contributed by atoms with E-state index in [1.54, 1.807) is 6.07 Å². The van der Waals surface area contributed by atoms with Crippen LogP contribution in [0.4, 0.5) is 22.0 Å². The second kappa shape index (κ2) is 6.28. The number of benzene rings is 2. The van der Waals surface area contributed by atoms with Gasteiger partial charge in [-0.05, 0) is 18.2 Å². The number of fused-ring (bicyclic) bond motifs is 1. The predicted molar refractivity (Wildman–Crippen MR) is 80.0 cm³/mol. The van der Waals surface area contributed by atoms with Crippen LogP contribution in [0.3, 0.4) is 0 Å². The van der Waals surface area contributed by atoms with Gasteiger partial charge in [0.05, 0.1) is 28.5 Å². The van der Waals surface area contributed by atoms with Gasteiger partial charge in [0, 0.05) is 0 Å². The van der Waals surface area contributed by atoms with Crippen molar-refractivity contribution in [3.05, 3.63) is 47.0 Å². The first-order valence-electron chi connectivity index (χ1n) is 6.60. The van der Waals surface area contributed by atoms with E-state index >= 15 is 0 Å². The molecule has 0 unspecified atom stereocenters. The van der Waals surface area contributed by atoms with E-state index in [0.29, 0.717) is 21.5 Å². The lowest BCUT2D eigenvalue weighted by Gasteiger charge is -2.09. The fourth-order valence-electron chi connectivity index (χ4n) is 2.23. The zero-order valence-corrected chi connectivity index (χ0v) is 13.1. The molecule has 0 saturated heterocycles. The molecule has 0 radical (unpaired) electrons. The van der Waals surface area contributed by atoms with Crippen molar-refractivity contribution in [1.29, 1.82) is 0 Å². The number of nitrogens with zero attached hydrogens (tertiary/aromatic N) is 1. The van der Waals surface area contributed by atoms with Gasteiger partial charge in [0.25, 0.3) is 5.91 Å². The molecule has 4 nitrogen and oxygen atoms in total. The largest absolute Gasteiger partial charge is 0.497 e. The van der Waals surface area contributed by atoms with Crippen LogP contribution in [0.25, 0.3) is 20.8 Å². The molecule has 2 aromatic carbocycles. The summed E-state index contributed by atoms with van der Waals surface area (Å²) in [5.74, 6) is -9.52. The highest BCUT2D eigenvalue weighted by molar-refractivity contribution is 7.21. The molecule has 0 atom stereocenters. The Balaban J connectivity index is 2.34. The minimum Gasteiger partial charge on any atom is -0.497 e. The quantitative estimate of drug-likeness (QED) is 0.324. The van der Waals surface area contributed by atoms with E-state index in [9.17, 15) is 26.8 Å². The van der Waals surface area contributed by atoms with Crippen molar-refractivity contribution in [3.63, 3.8) is 0 Å². The Morgan fingerprint density at radius 2 is 1.80 bits per heavy atom. The van der Waals surface area contributed by atoms with Crippen LogP contribution in [-0.2, 0) is 0 Å². The second-order valence-electron chi connectivity index (χ2n) is 4.78. The number of carbonyl (C=O) groups excluding carboxylic acids is 1. The van der Waals surface area contributed by atoms with Crippen LogP contribution < -0.4 is 10.3 Å². The predicted octanol–water partition coefficient (Wildman–Crippen LogP) is 4.14. The molecule has 1 heterocycles. The number of hydrogen-bond acceptors (Lipinski definition) is 4. The summed E-state index contributed by atoms with van der Waals surface area (Å²) < 4.78 is 73.1. The third-order valence-electron chi connectivity index (χ3n) is 3.39. The van der Waals surface area contributed by atoms with E-state index in [2.05, 4.69) is 4.98 Å². The molecule has 0 bridgehead atoms. The summed E-state index contributed by atoms with van der Waals surface area (Å²) in [5, 5.41) is -0.322. The van der Waals surface area contributed by atoms with E-state index < -0.39 is 40.3 Å². The molecule has 0 spiro atoms. The highest BCUT2D eigenvalue weighted by atomic mass is 32.1. The maximum absolute atomic E-state index is 14.2. The molecule has 10 heteroatoms. The van der Waals surface area contributed by atoms with Crippen LogP contribution in [0.15, 0.2) is 18.2 Å². The minimum absolute atomic E-state index is 0.317. The Bertz CT molecular complexity index is 1010. The van der Waals surface area contributed by atoms with E-state index in [0.717, 1.165) is 11.3 Å². The first-order chi connectivity index (χ1) is 11.9. The number of nitrogens with one attached hydrogen (secondary N) is 1. The number of methoxy groups -OCH3 is 1. The van der Waals surface area contributed by atoms with Gasteiger partial charge in [-0.25, -0.2) is 22.5 Å². The molecule has 25 heavy (non-hydrogen) atoms. The highest BCUT2D eigenvalue weighted by Crippen LogP contribution is 2.38. The van der Waals surface area contributed by atoms with Crippen molar-refractivity contribution in [2.24, 2.45) is 0 Å². The van der Waals surface area contributed by atoms with Gasteiger partial charge in [-0.15, -0.1) is 11.3 Å². The molecule has 0 aliphatic carbocycles. The summed E-state index contributed by atoms with van der Waals surface area (Å²) in [7, 11) is 1.41. The smallest absolute Gasteiger partial charge is 0.282 e. The van der Waals surface area contributed by atoms with Crippen LogP contribution in [0.2, 0.25) is 0 Å². The van der Waals surface area contributed by atoms with Gasteiger partial charge >= 0.3 is 0 Å².